The number of para-hydroxylation sites is 1. The summed E-state index contributed by atoms with van der Waals surface area (Å²) in [5.41, 5.74) is 11.6. The summed E-state index contributed by atoms with van der Waals surface area (Å²) in [6, 6.07) is 45.8. The Morgan fingerprint density at radius 2 is 1.22 bits per heavy atom. The fourth-order valence-corrected chi connectivity index (χ4v) is 7.34. The summed E-state index contributed by atoms with van der Waals surface area (Å²) in [7, 11) is 1.77. The first-order chi connectivity index (χ1) is 20.2. The average molecular weight is 531 g/mol. The third kappa shape index (κ3) is 3.20. The van der Waals surface area contributed by atoms with E-state index in [0.717, 1.165) is 16.7 Å². The van der Waals surface area contributed by atoms with Gasteiger partial charge in [-0.15, -0.1) is 0 Å². The van der Waals surface area contributed by atoms with E-state index in [1.165, 1.54) is 55.7 Å². The first kappa shape index (κ1) is 23.8. The van der Waals surface area contributed by atoms with Crippen molar-refractivity contribution in [2.75, 3.05) is 7.11 Å². The number of methoxy groups -OCH3 is 1. The quantitative estimate of drug-likeness (QED) is 0.234. The third-order valence-electron chi connectivity index (χ3n) is 9.00. The lowest BCUT2D eigenvalue weighted by molar-refractivity contribution is 0.419. The maximum Gasteiger partial charge on any atom is 0.128 e. The van der Waals surface area contributed by atoms with Gasteiger partial charge in [0.2, 0.25) is 0 Å². The standard InChI is InChI=1S/C38H30N2O/c1-24-14-12-21-28-32-31(25-15-6-3-7-16-25)34-33-29(22-13-23-30(33)41-2)39-37(34)38(36(32)40-35(24)28,26-17-8-4-9-18-26)27-19-10-5-11-20-27/h3-23,31,39-40H,1-2H3/t31-/m1/s1. The van der Waals surface area contributed by atoms with Gasteiger partial charge in [-0.3, -0.25) is 0 Å². The molecule has 0 aliphatic heterocycles. The predicted octanol–water partition coefficient (Wildman–Crippen LogP) is 8.84. The van der Waals surface area contributed by atoms with Crippen molar-refractivity contribution in [3.8, 4) is 5.75 Å². The molecule has 198 valence electrons. The fourth-order valence-electron chi connectivity index (χ4n) is 7.34. The topological polar surface area (TPSA) is 40.8 Å². The number of benzene rings is 5. The molecule has 0 radical (unpaired) electrons. The second-order valence-electron chi connectivity index (χ2n) is 11.0. The van der Waals surface area contributed by atoms with E-state index in [9.17, 15) is 0 Å². The molecule has 1 aliphatic carbocycles. The van der Waals surface area contributed by atoms with Gasteiger partial charge >= 0.3 is 0 Å². The van der Waals surface area contributed by atoms with Gasteiger partial charge in [0, 0.05) is 39.1 Å². The zero-order valence-electron chi connectivity index (χ0n) is 23.1. The van der Waals surface area contributed by atoms with E-state index >= 15 is 0 Å². The van der Waals surface area contributed by atoms with E-state index in [1.54, 1.807) is 7.11 Å². The van der Waals surface area contributed by atoms with E-state index in [0.29, 0.717) is 0 Å². The van der Waals surface area contributed by atoms with Crippen molar-refractivity contribution < 1.29 is 4.74 Å². The van der Waals surface area contributed by atoms with Gasteiger partial charge in [0.25, 0.3) is 0 Å². The molecule has 7 aromatic rings. The highest BCUT2D eigenvalue weighted by Crippen LogP contribution is 2.59. The lowest BCUT2D eigenvalue weighted by atomic mass is 9.61. The first-order valence-electron chi connectivity index (χ1n) is 14.2. The molecule has 8 rings (SSSR count). The highest BCUT2D eigenvalue weighted by Gasteiger charge is 2.51. The number of fused-ring (bicyclic) bond motifs is 6. The molecule has 1 aliphatic rings. The van der Waals surface area contributed by atoms with Crippen molar-refractivity contribution in [1.82, 2.24) is 9.97 Å². The van der Waals surface area contributed by atoms with Crippen LogP contribution >= 0.6 is 0 Å². The summed E-state index contributed by atoms with van der Waals surface area (Å²) in [6.07, 6.45) is 0. The SMILES string of the molecule is COc1cccc2[nH]c3c(c12)[C@H](c1ccccc1)c1c([nH]c2c(C)cccc12)C3(c1ccccc1)c1ccccc1. The summed E-state index contributed by atoms with van der Waals surface area (Å²) in [5, 5.41) is 2.41. The summed E-state index contributed by atoms with van der Waals surface area (Å²) >= 11 is 0. The normalized spacial score (nSPS) is 15.5. The zero-order valence-corrected chi connectivity index (χ0v) is 23.1. The molecule has 3 heteroatoms. The molecule has 1 atom stereocenters. The van der Waals surface area contributed by atoms with Gasteiger partial charge in [-0.1, -0.05) is 115 Å². The minimum Gasteiger partial charge on any atom is -0.496 e. The van der Waals surface area contributed by atoms with Crippen LogP contribution in [-0.4, -0.2) is 17.1 Å². The Morgan fingerprint density at radius 1 is 0.610 bits per heavy atom. The Balaban J connectivity index is 1.66. The molecule has 2 heterocycles. The molecule has 0 spiro atoms. The van der Waals surface area contributed by atoms with Crippen LogP contribution in [0.2, 0.25) is 0 Å². The number of aromatic nitrogens is 2. The van der Waals surface area contributed by atoms with E-state index < -0.39 is 5.41 Å². The molecule has 0 amide bonds. The summed E-state index contributed by atoms with van der Waals surface area (Å²) < 4.78 is 6.06. The van der Waals surface area contributed by atoms with Crippen LogP contribution in [0.5, 0.6) is 5.75 Å². The van der Waals surface area contributed by atoms with Crippen LogP contribution in [0.3, 0.4) is 0 Å². The van der Waals surface area contributed by atoms with E-state index in [4.69, 9.17) is 4.74 Å². The maximum absolute atomic E-state index is 6.06. The van der Waals surface area contributed by atoms with Gasteiger partial charge in [-0.25, -0.2) is 0 Å². The number of hydrogen-bond acceptors (Lipinski definition) is 1. The highest BCUT2D eigenvalue weighted by molar-refractivity contribution is 5.98. The van der Waals surface area contributed by atoms with Gasteiger partial charge in [0.15, 0.2) is 0 Å². The van der Waals surface area contributed by atoms with Crippen molar-refractivity contribution in [1.29, 1.82) is 0 Å². The minimum atomic E-state index is -0.603. The molecule has 2 aromatic heterocycles. The van der Waals surface area contributed by atoms with Crippen LogP contribution in [0, 0.1) is 6.92 Å². The summed E-state index contributed by atoms with van der Waals surface area (Å²) in [6.45, 7) is 2.20. The van der Waals surface area contributed by atoms with Crippen LogP contribution < -0.4 is 4.74 Å². The van der Waals surface area contributed by atoms with Gasteiger partial charge in [0.1, 0.15) is 11.2 Å². The molecule has 0 saturated carbocycles. The largest absolute Gasteiger partial charge is 0.496 e. The monoisotopic (exact) mass is 530 g/mol. The summed E-state index contributed by atoms with van der Waals surface area (Å²) in [5.74, 6) is 0.887. The van der Waals surface area contributed by atoms with Crippen molar-refractivity contribution in [3.05, 3.63) is 172 Å². The summed E-state index contributed by atoms with van der Waals surface area (Å²) in [4.78, 5) is 8.01. The van der Waals surface area contributed by atoms with Crippen molar-refractivity contribution in [3.63, 3.8) is 0 Å². The second-order valence-corrected chi connectivity index (χ2v) is 11.0. The van der Waals surface area contributed by atoms with Crippen LogP contribution in [0.1, 0.15) is 50.7 Å². The molecule has 0 unspecified atom stereocenters. The van der Waals surface area contributed by atoms with E-state index in [2.05, 4.69) is 144 Å². The number of aromatic amines is 2. The van der Waals surface area contributed by atoms with E-state index in [-0.39, 0.29) is 5.92 Å². The van der Waals surface area contributed by atoms with Gasteiger partial charge in [0.05, 0.1) is 7.11 Å². The lowest BCUT2D eigenvalue weighted by Crippen LogP contribution is -2.37. The number of nitrogens with one attached hydrogen (secondary N) is 2. The smallest absolute Gasteiger partial charge is 0.128 e. The molecule has 3 nitrogen and oxygen atoms in total. The van der Waals surface area contributed by atoms with Crippen LogP contribution in [0.4, 0.5) is 0 Å². The predicted molar refractivity (Wildman–Crippen MR) is 167 cm³/mol. The van der Waals surface area contributed by atoms with Crippen LogP contribution in [-0.2, 0) is 5.41 Å². The minimum absolute atomic E-state index is 0.00218. The number of H-pyrrole nitrogens is 2. The van der Waals surface area contributed by atoms with Crippen molar-refractivity contribution >= 4 is 21.8 Å². The second kappa shape index (κ2) is 9.00. The van der Waals surface area contributed by atoms with Crippen molar-refractivity contribution in [2.24, 2.45) is 0 Å². The number of ether oxygens (including phenoxy) is 1. The Kier molecular flexibility index (Phi) is 5.23. The Morgan fingerprint density at radius 3 is 1.88 bits per heavy atom. The molecule has 0 fully saturated rings. The van der Waals surface area contributed by atoms with Gasteiger partial charge < -0.3 is 14.7 Å². The van der Waals surface area contributed by atoms with E-state index in [1.807, 2.05) is 0 Å². The Labute approximate surface area is 239 Å². The molecule has 41 heavy (non-hydrogen) atoms. The molecule has 0 bridgehead atoms. The zero-order chi connectivity index (χ0) is 27.6. The highest BCUT2D eigenvalue weighted by atomic mass is 16.5. The number of rotatable bonds is 4. The molecular formula is C38H30N2O. The average Bonchev–Trinajstić information content (AvgIpc) is 3.62. The van der Waals surface area contributed by atoms with Crippen LogP contribution in [0.15, 0.2) is 127 Å². The number of aryl methyl sites for hydroxylation is 1. The van der Waals surface area contributed by atoms with Crippen LogP contribution in [0.25, 0.3) is 21.8 Å². The molecular weight excluding hydrogens is 500 g/mol. The molecule has 0 saturated heterocycles. The number of hydrogen-bond donors (Lipinski definition) is 2. The van der Waals surface area contributed by atoms with Crippen molar-refractivity contribution in [2.45, 2.75) is 18.3 Å². The Hall–Kier alpha value is -5.02. The third-order valence-corrected chi connectivity index (χ3v) is 9.00. The lowest BCUT2D eigenvalue weighted by Gasteiger charge is -2.41. The Bertz CT molecular complexity index is 2000. The van der Waals surface area contributed by atoms with Gasteiger partial charge in [-0.05, 0) is 52.4 Å². The first-order valence-corrected chi connectivity index (χ1v) is 14.2. The molecule has 5 aromatic carbocycles. The van der Waals surface area contributed by atoms with Gasteiger partial charge in [-0.2, -0.15) is 0 Å². The molecule has 2 N–H and O–H groups in total. The fraction of sp³-hybridized carbons (Fsp3) is 0.105. The maximum atomic E-state index is 6.06.